The Morgan fingerprint density at radius 1 is 1.41 bits per heavy atom. The van der Waals surface area contributed by atoms with Crippen LogP contribution in [0.1, 0.15) is 24.8 Å². The smallest absolute Gasteiger partial charge is 0.0583 e. The van der Waals surface area contributed by atoms with Crippen LogP contribution < -0.4 is 0 Å². The van der Waals surface area contributed by atoms with E-state index < -0.39 is 0 Å². The molecule has 1 aromatic heterocycles. The first-order valence-corrected chi connectivity index (χ1v) is 8.04. The SMILES string of the molecule is OC(Cc1cncc(Br)c1)CC1CCSCC1. The van der Waals surface area contributed by atoms with Crippen LogP contribution in [0.15, 0.2) is 22.9 Å². The van der Waals surface area contributed by atoms with Crippen molar-refractivity contribution < 1.29 is 5.11 Å². The zero-order chi connectivity index (χ0) is 12.1. The third kappa shape index (κ3) is 4.60. The first-order chi connectivity index (χ1) is 8.24. The fourth-order valence-corrected chi connectivity index (χ4v) is 3.91. The molecule has 2 nitrogen and oxygen atoms in total. The van der Waals surface area contributed by atoms with Crippen LogP contribution in [0, 0.1) is 5.92 Å². The lowest BCUT2D eigenvalue weighted by molar-refractivity contribution is 0.139. The first kappa shape index (κ1) is 13.4. The molecule has 94 valence electrons. The van der Waals surface area contributed by atoms with Crippen molar-refractivity contribution in [3.63, 3.8) is 0 Å². The van der Waals surface area contributed by atoms with Gasteiger partial charge in [-0.2, -0.15) is 11.8 Å². The summed E-state index contributed by atoms with van der Waals surface area (Å²) in [6, 6.07) is 2.03. The summed E-state index contributed by atoms with van der Waals surface area (Å²) in [5.41, 5.74) is 1.11. The fraction of sp³-hybridized carbons (Fsp3) is 0.615. The van der Waals surface area contributed by atoms with Crippen LogP contribution in [0.3, 0.4) is 0 Å². The van der Waals surface area contributed by atoms with E-state index in [0.717, 1.165) is 22.9 Å². The van der Waals surface area contributed by atoms with Crippen LogP contribution in [0.25, 0.3) is 0 Å². The van der Waals surface area contributed by atoms with Gasteiger partial charge in [0.25, 0.3) is 0 Å². The van der Waals surface area contributed by atoms with Crippen molar-refractivity contribution in [1.82, 2.24) is 4.98 Å². The maximum Gasteiger partial charge on any atom is 0.0583 e. The van der Waals surface area contributed by atoms with E-state index in [2.05, 4.69) is 20.9 Å². The highest BCUT2D eigenvalue weighted by molar-refractivity contribution is 9.10. The quantitative estimate of drug-likeness (QED) is 0.925. The Balaban J connectivity index is 1.82. The molecule has 0 aromatic carbocycles. The summed E-state index contributed by atoms with van der Waals surface area (Å²) in [4.78, 5) is 4.12. The average molecular weight is 316 g/mol. The fourth-order valence-electron chi connectivity index (χ4n) is 2.29. The number of nitrogens with zero attached hydrogens (tertiary/aromatic N) is 1. The zero-order valence-corrected chi connectivity index (χ0v) is 12.2. The highest BCUT2D eigenvalue weighted by atomic mass is 79.9. The van der Waals surface area contributed by atoms with E-state index in [1.54, 1.807) is 6.20 Å². The van der Waals surface area contributed by atoms with Gasteiger partial charge in [-0.25, -0.2) is 0 Å². The second-order valence-electron chi connectivity index (χ2n) is 4.66. The summed E-state index contributed by atoms with van der Waals surface area (Å²) in [5, 5.41) is 10.1. The Bertz CT molecular complexity index is 355. The van der Waals surface area contributed by atoms with E-state index in [1.165, 1.54) is 24.3 Å². The highest BCUT2D eigenvalue weighted by Gasteiger charge is 2.18. The van der Waals surface area contributed by atoms with Gasteiger partial charge in [-0.15, -0.1) is 0 Å². The molecule has 17 heavy (non-hydrogen) atoms. The molecule has 1 fully saturated rings. The van der Waals surface area contributed by atoms with Gasteiger partial charge < -0.3 is 5.11 Å². The number of hydrogen-bond acceptors (Lipinski definition) is 3. The molecule has 0 spiro atoms. The van der Waals surface area contributed by atoms with Gasteiger partial charge in [0.1, 0.15) is 0 Å². The van der Waals surface area contributed by atoms with E-state index in [1.807, 2.05) is 24.0 Å². The molecule has 1 unspecified atom stereocenters. The van der Waals surface area contributed by atoms with E-state index in [0.29, 0.717) is 5.92 Å². The number of aliphatic hydroxyl groups is 1. The molecular formula is C13H18BrNOS. The number of aliphatic hydroxyl groups excluding tert-OH is 1. The van der Waals surface area contributed by atoms with E-state index in [-0.39, 0.29) is 6.10 Å². The van der Waals surface area contributed by atoms with Crippen LogP contribution in [-0.4, -0.2) is 27.7 Å². The molecule has 2 heterocycles. The largest absolute Gasteiger partial charge is 0.393 e. The summed E-state index contributed by atoms with van der Waals surface area (Å²) in [5.74, 6) is 3.23. The Kier molecular flexibility index (Phi) is 5.32. The highest BCUT2D eigenvalue weighted by Crippen LogP contribution is 2.27. The minimum absolute atomic E-state index is 0.223. The predicted molar refractivity (Wildman–Crippen MR) is 76.3 cm³/mol. The van der Waals surface area contributed by atoms with Gasteiger partial charge in [-0.1, -0.05) is 0 Å². The Hall–Kier alpha value is -0.0600. The van der Waals surface area contributed by atoms with Gasteiger partial charge in [0.2, 0.25) is 0 Å². The number of pyridine rings is 1. The number of rotatable bonds is 4. The average Bonchev–Trinajstić information content (AvgIpc) is 2.30. The monoisotopic (exact) mass is 315 g/mol. The summed E-state index contributed by atoms with van der Waals surface area (Å²) in [6.07, 6.45) is 7.57. The molecule has 1 aliphatic rings. The number of hydrogen-bond donors (Lipinski definition) is 1. The van der Waals surface area contributed by atoms with E-state index in [9.17, 15) is 5.11 Å². The Labute approximate surface area is 115 Å². The lowest BCUT2D eigenvalue weighted by Gasteiger charge is -2.23. The maximum absolute atomic E-state index is 10.1. The van der Waals surface area contributed by atoms with E-state index >= 15 is 0 Å². The molecule has 1 saturated heterocycles. The summed E-state index contributed by atoms with van der Waals surface area (Å²) in [6.45, 7) is 0. The van der Waals surface area contributed by atoms with Crippen LogP contribution >= 0.6 is 27.7 Å². The van der Waals surface area contributed by atoms with Crippen LogP contribution in [0.4, 0.5) is 0 Å². The van der Waals surface area contributed by atoms with Crippen molar-refractivity contribution in [2.24, 2.45) is 5.92 Å². The lowest BCUT2D eigenvalue weighted by atomic mass is 9.93. The van der Waals surface area contributed by atoms with E-state index in [4.69, 9.17) is 0 Å². The second-order valence-corrected chi connectivity index (χ2v) is 6.80. The van der Waals surface area contributed by atoms with Crippen molar-refractivity contribution in [2.75, 3.05) is 11.5 Å². The molecule has 0 bridgehead atoms. The van der Waals surface area contributed by atoms with Gasteiger partial charge in [-0.3, -0.25) is 4.98 Å². The molecule has 1 aromatic rings. The normalized spacial score (nSPS) is 19.2. The predicted octanol–water partition coefficient (Wildman–Crippen LogP) is 3.28. The van der Waals surface area contributed by atoms with Crippen molar-refractivity contribution in [2.45, 2.75) is 31.8 Å². The lowest BCUT2D eigenvalue weighted by Crippen LogP contribution is -2.19. The Morgan fingerprint density at radius 3 is 2.88 bits per heavy atom. The first-order valence-electron chi connectivity index (χ1n) is 6.09. The molecule has 1 aliphatic heterocycles. The van der Waals surface area contributed by atoms with Crippen molar-refractivity contribution in [3.05, 3.63) is 28.5 Å². The third-order valence-corrected chi connectivity index (χ3v) is 4.66. The maximum atomic E-state index is 10.1. The van der Waals surface area contributed by atoms with Crippen LogP contribution in [0.2, 0.25) is 0 Å². The minimum Gasteiger partial charge on any atom is -0.393 e. The molecule has 0 radical (unpaired) electrons. The van der Waals surface area contributed by atoms with Crippen LogP contribution in [-0.2, 0) is 6.42 Å². The van der Waals surface area contributed by atoms with Gasteiger partial charge in [0.05, 0.1) is 6.10 Å². The molecule has 1 N–H and O–H groups in total. The van der Waals surface area contributed by atoms with Crippen LogP contribution in [0.5, 0.6) is 0 Å². The molecule has 2 rings (SSSR count). The number of thioether (sulfide) groups is 1. The van der Waals surface area contributed by atoms with Crippen molar-refractivity contribution >= 4 is 27.7 Å². The molecule has 1 atom stereocenters. The second kappa shape index (κ2) is 6.76. The zero-order valence-electron chi connectivity index (χ0n) is 9.81. The third-order valence-electron chi connectivity index (χ3n) is 3.18. The standard InChI is InChI=1S/C13H18BrNOS/c14-12-5-11(8-15-9-12)7-13(16)6-10-1-3-17-4-2-10/h5,8-10,13,16H,1-4,6-7H2. The minimum atomic E-state index is -0.223. The summed E-state index contributed by atoms with van der Waals surface area (Å²) in [7, 11) is 0. The summed E-state index contributed by atoms with van der Waals surface area (Å²) >= 11 is 5.44. The van der Waals surface area contributed by atoms with Gasteiger partial charge in [0.15, 0.2) is 0 Å². The topological polar surface area (TPSA) is 33.1 Å². The number of aromatic nitrogens is 1. The molecule has 4 heteroatoms. The number of halogens is 1. The van der Waals surface area contributed by atoms with Crippen molar-refractivity contribution in [3.8, 4) is 0 Å². The van der Waals surface area contributed by atoms with Gasteiger partial charge in [0, 0.05) is 16.9 Å². The molecule has 0 amide bonds. The van der Waals surface area contributed by atoms with Crippen molar-refractivity contribution in [1.29, 1.82) is 0 Å². The Morgan fingerprint density at radius 2 is 2.18 bits per heavy atom. The van der Waals surface area contributed by atoms with Gasteiger partial charge >= 0.3 is 0 Å². The molecule has 0 aliphatic carbocycles. The molecular weight excluding hydrogens is 298 g/mol. The summed E-state index contributed by atoms with van der Waals surface area (Å²) < 4.78 is 0.983. The molecule has 0 saturated carbocycles. The van der Waals surface area contributed by atoms with Gasteiger partial charge in [-0.05, 0) is 70.7 Å².